The van der Waals surface area contributed by atoms with Gasteiger partial charge in [-0.3, -0.25) is 10.1 Å². The summed E-state index contributed by atoms with van der Waals surface area (Å²) in [5.41, 5.74) is 0.136. The van der Waals surface area contributed by atoms with Gasteiger partial charge < -0.3 is 5.32 Å². The largest absolute Gasteiger partial charge is 0.384 e. The molecule has 0 unspecified atom stereocenters. The summed E-state index contributed by atoms with van der Waals surface area (Å²) < 4.78 is 26.8. The maximum atomic E-state index is 12.7. The van der Waals surface area contributed by atoms with Crippen LogP contribution in [-0.4, -0.2) is 36.8 Å². The number of nitrogens with zero attached hydrogens (tertiary/aromatic N) is 2. The number of sulfonamides is 1. The van der Waals surface area contributed by atoms with E-state index in [9.17, 15) is 18.5 Å². The summed E-state index contributed by atoms with van der Waals surface area (Å²) in [6.45, 7) is 7.93. The summed E-state index contributed by atoms with van der Waals surface area (Å²) >= 11 is 0. The molecular weight excluding hydrogens is 294 g/mol. The minimum Gasteiger partial charge on any atom is -0.384 e. The Bertz CT molecular complexity index is 614. The molecule has 0 spiro atoms. The Hall–Kier alpha value is -1.67. The third-order valence-corrected chi connectivity index (χ3v) is 5.21. The summed E-state index contributed by atoms with van der Waals surface area (Å²) in [4.78, 5) is 10.2. The third-order valence-electron chi connectivity index (χ3n) is 3.02. The number of non-ortho nitro benzene ring substituents is 1. The Morgan fingerprint density at radius 1 is 1.33 bits per heavy atom. The molecule has 1 aromatic carbocycles. The van der Waals surface area contributed by atoms with Gasteiger partial charge in [0.15, 0.2) is 0 Å². The lowest BCUT2D eigenvalue weighted by atomic mass is 10.3. The van der Waals surface area contributed by atoms with E-state index in [2.05, 4.69) is 5.32 Å². The molecule has 0 aliphatic rings. The molecule has 118 valence electrons. The van der Waals surface area contributed by atoms with Crippen LogP contribution in [0.4, 0.5) is 11.4 Å². The van der Waals surface area contributed by atoms with E-state index in [1.54, 1.807) is 20.8 Å². The molecule has 0 aliphatic carbocycles. The fourth-order valence-electron chi connectivity index (χ4n) is 2.11. The molecule has 0 aliphatic heterocycles. The Kier molecular flexibility index (Phi) is 5.68. The van der Waals surface area contributed by atoms with E-state index in [1.807, 2.05) is 6.92 Å². The van der Waals surface area contributed by atoms with Crippen molar-refractivity contribution in [3.05, 3.63) is 28.3 Å². The summed E-state index contributed by atoms with van der Waals surface area (Å²) in [6.07, 6.45) is 0. The lowest BCUT2D eigenvalue weighted by Crippen LogP contribution is -2.37. The quantitative estimate of drug-likeness (QED) is 0.616. The van der Waals surface area contributed by atoms with Crippen molar-refractivity contribution >= 4 is 21.4 Å². The summed E-state index contributed by atoms with van der Waals surface area (Å²) in [6, 6.07) is 3.61. The second-order valence-corrected chi connectivity index (χ2v) is 6.63. The van der Waals surface area contributed by atoms with E-state index in [4.69, 9.17) is 0 Å². The fraction of sp³-hybridized carbons (Fsp3) is 0.538. The van der Waals surface area contributed by atoms with Crippen LogP contribution in [0.25, 0.3) is 0 Å². The Labute approximate surface area is 125 Å². The van der Waals surface area contributed by atoms with Crippen molar-refractivity contribution in [3.63, 3.8) is 0 Å². The molecule has 0 amide bonds. The van der Waals surface area contributed by atoms with Gasteiger partial charge in [-0.25, -0.2) is 8.42 Å². The van der Waals surface area contributed by atoms with Crippen LogP contribution in [0, 0.1) is 10.1 Å². The molecule has 0 heterocycles. The van der Waals surface area contributed by atoms with Crippen LogP contribution in [0.15, 0.2) is 23.1 Å². The highest BCUT2D eigenvalue weighted by Gasteiger charge is 2.29. The third kappa shape index (κ3) is 3.70. The smallest absolute Gasteiger partial charge is 0.270 e. The molecule has 0 saturated heterocycles. The molecule has 1 aromatic rings. The van der Waals surface area contributed by atoms with Gasteiger partial charge in [-0.15, -0.1) is 0 Å². The van der Waals surface area contributed by atoms with Crippen molar-refractivity contribution in [3.8, 4) is 0 Å². The number of nitrogens with one attached hydrogen (secondary N) is 1. The van der Waals surface area contributed by atoms with Crippen LogP contribution in [-0.2, 0) is 10.0 Å². The predicted octanol–water partition coefficient (Wildman–Crippen LogP) is 2.45. The van der Waals surface area contributed by atoms with Gasteiger partial charge in [0.1, 0.15) is 4.90 Å². The van der Waals surface area contributed by atoms with Crippen molar-refractivity contribution in [2.75, 3.05) is 18.4 Å². The van der Waals surface area contributed by atoms with E-state index in [0.29, 0.717) is 18.8 Å². The molecule has 0 saturated carbocycles. The lowest BCUT2D eigenvalue weighted by molar-refractivity contribution is -0.385. The van der Waals surface area contributed by atoms with Crippen LogP contribution < -0.4 is 5.32 Å². The van der Waals surface area contributed by atoms with E-state index < -0.39 is 14.9 Å². The topological polar surface area (TPSA) is 92.5 Å². The predicted molar refractivity (Wildman–Crippen MR) is 82.0 cm³/mol. The second-order valence-electron chi connectivity index (χ2n) is 4.77. The van der Waals surface area contributed by atoms with E-state index >= 15 is 0 Å². The van der Waals surface area contributed by atoms with Crippen LogP contribution in [0.1, 0.15) is 27.7 Å². The first-order valence-electron chi connectivity index (χ1n) is 6.79. The first-order chi connectivity index (χ1) is 9.75. The van der Waals surface area contributed by atoms with E-state index in [0.717, 1.165) is 6.07 Å². The van der Waals surface area contributed by atoms with E-state index in [1.165, 1.54) is 16.4 Å². The van der Waals surface area contributed by atoms with Crippen LogP contribution >= 0.6 is 0 Å². The molecule has 1 rings (SSSR count). The average Bonchev–Trinajstić information content (AvgIpc) is 2.38. The SMILES string of the molecule is CCNc1ccc([N+](=O)[O-])cc1S(=O)(=O)N(CC)C(C)C. The van der Waals surface area contributed by atoms with Crippen molar-refractivity contribution in [2.24, 2.45) is 0 Å². The second kappa shape index (κ2) is 6.86. The van der Waals surface area contributed by atoms with Crippen LogP contribution in [0.5, 0.6) is 0 Å². The minimum absolute atomic E-state index is 0.0610. The van der Waals surface area contributed by atoms with Gasteiger partial charge >= 0.3 is 0 Å². The molecule has 0 aromatic heterocycles. The minimum atomic E-state index is -3.79. The zero-order valence-corrected chi connectivity index (χ0v) is 13.5. The highest BCUT2D eigenvalue weighted by molar-refractivity contribution is 7.89. The maximum Gasteiger partial charge on any atom is 0.270 e. The molecule has 0 fully saturated rings. The molecule has 21 heavy (non-hydrogen) atoms. The lowest BCUT2D eigenvalue weighted by Gasteiger charge is -2.25. The first-order valence-corrected chi connectivity index (χ1v) is 8.23. The van der Waals surface area contributed by atoms with E-state index in [-0.39, 0.29) is 16.6 Å². The summed E-state index contributed by atoms with van der Waals surface area (Å²) in [7, 11) is -3.79. The number of rotatable bonds is 7. The van der Waals surface area contributed by atoms with Gasteiger partial charge in [0.25, 0.3) is 5.69 Å². The number of hydrogen-bond donors (Lipinski definition) is 1. The standard InChI is InChI=1S/C13H21N3O4S/c1-5-14-12-8-7-11(16(17)18)9-13(12)21(19,20)15(6-2)10(3)4/h7-10,14H,5-6H2,1-4H3. The van der Waals surface area contributed by atoms with Crippen molar-refractivity contribution < 1.29 is 13.3 Å². The molecule has 7 nitrogen and oxygen atoms in total. The van der Waals surface area contributed by atoms with Gasteiger partial charge in [-0.05, 0) is 26.8 Å². The van der Waals surface area contributed by atoms with Crippen LogP contribution in [0.3, 0.4) is 0 Å². The monoisotopic (exact) mass is 315 g/mol. The van der Waals surface area contributed by atoms with Gasteiger partial charge in [0.2, 0.25) is 10.0 Å². The van der Waals surface area contributed by atoms with Gasteiger partial charge in [0, 0.05) is 31.3 Å². The highest BCUT2D eigenvalue weighted by Crippen LogP contribution is 2.29. The number of nitro benzene ring substituents is 1. The van der Waals surface area contributed by atoms with Crippen molar-refractivity contribution in [1.29, 1.82) is 0 Å². The summed E-state index contributed by atoms with van der Waals surface area (Å²) in [5.74, 6) is 0. The zero-order chi connectivity index (χ0) is 16.2. The van der Waals surface area contributed by atoms with Crippen LogP contribution in [0.2, 0.25) is 0 Å². The van der Waals surface area contributed by atoms with Crippen molar-refractivity contribution in [1.82, 2.24) is 4.31 Å². The normalized spacial score (nSPS) is 11.9. The highest BCUT2D eigenvalue weighted by atomic mass is 32.2. The van der Waals surface area contributed by atoms with Gasteiger partial charge in [-0.1, -0.05) is 6.92 Å². The number of nitro groups is 1. The van der Waals surface area contributed by atoms with Crippen molar-refractivity contribution in [2.45, 2.75) is 38.6 Å². The molecule has 0 radical (unpaired) electrons. The number of anilines is 1. The summed E-state index contributed by atoms with van der Waals surface area (Å²) in [5, 5.41) is 13.8. The Morgan fingerprint density at radius 2 is 1.95 bits per heavy atom. The van der Waals surface area contributed by atoms with Gasteiger partial charge in [0.05, 0.1) is 10.6 Å². The number of benzene rings is 1. The molecule has 0 atom stereocenters. The maximum absolute atomic E-state index is 12.7. The fourth-order valence-corrected chi connectivity index (χ4v) is 3.95. The zero-order valence-electron chi connectivity index (χ0n) is 12.7. The Morgan fingerprint density at radius 3 is 2.38 bits per heavy atom. The number of hydrogen-bond acceptors (Lipinski definition) is 5. The molecule has 0 bridgehead atoms. The molecular formula is C13H21N3O4S. The molecule has 8 heteroatoms. The molecule has 1 N–H and O–H groups in total. The Balaban J connectivity index is 3.50. The van der Waals surface area contributed by atoms with Gasteiger partial charge in [-0.2, -0.15) is 4.31 Å². The average molecular weight is 315 g/mol. The first kappa shape index (κ1) is 17.4.